The summed E-state index contributed by atoms with van der Waals surface area (Å²) < 4.78 is 0.945. The zero-order chi connectivity index (χ0) is 17.6. The number of rotatable bonds is 2. The van der Waals surface area contributed by atoms with Gasteiger partial charge in [-0.1, -0.05) is 0 Å². The summed E-state index contributed by atoms with van der Waals surface area (Å²) in [5.74, 6) is 1.14. The van der Waals surface area contributed by atoms with E-state index >= 15 is 0 Å². The Bertz CT molecular complexity index is 755. The van der Waals surface area contributed by atoms with Crippen molar-refractivity contribution in [3.63, 3.8) is 0 Å². The van der Waals surface area contributed by atoms with Crippen molar-refractivity contribution in [2.24, 2.45) is 5.92 Å². The molecule has 5 heteroatoms. The van der Waals surface area contributed by atoms with Crippen molar-refractivity contribution in [3.8, 4) is 0 Å². The van der Waals surface area contributed by atoms with E-state index in [0.29, 0.717) is 6.04 Å². The van der Waals surface area contributed by atoms with Gasteiger partial charge in [-0.15, -0.1) is 0 Å². The van der Waals surface area contributed by atoms with Crippen LogP contribution in [0.25, 0.3) is 0 Å². The second kappa shape index (κ2) is 5.07. The van der Waals surface area contributed by atoms with Crippen LogP contribution in [0.1, 0.15) is 58.6 Å². The van der Waals surface area contributed by atoms with Crippen LogP contribution in [0.4, 0.5) is 5.69 Å². The largest absolute Gasteiger partial charge is 0.307 e. The van der Waals surface area contributed by atoms with Crippen LogP contribution >= 0.6 is 15.9 Å². The molecule has 1 saturated heterocycles. The Labute approximate surface area is 158 Å². The van der Waals surface area contributed by atoms with E-state index in [9.17, 15) is 4.79 Å². The van der Waals surface area contributed by atoms with Gasteiger partial charge in [0.05, 0.1) is 16.8 Å². The lowest BCUT2D eigenvalue weighted by atomic mass is 9.71. The topological polar surface area (TPSA) is 36.4 Å². The average Bonchev–Trinajstić information content (AvgIpc) is 3.19. The number of nitrogens with zero attached hydrogens (tertiary/aromatic N) is 3. The number of fused-ring (bicyclic) bond motifs is 3. The van der Waals surface area contributed by atoms with Gasteiger partial charge >= 0.3 is 0 Å². The minimum absolute atomic E-state index is 0.211. The summed E-state index contributed by atoms with van der Waals surface area (Å²) in [6.07, 6.45) is 8.18. The molecule has 0 spiro atoms. The molecular weight excluding hydrogens is 378 g/mol. The van der Waals surface area contributed by atoms with E-state index in [1.54, 1.807) is 0 Å². The van der Waals surface area contributed by atoms with Crippen LogP contribution in [-0.2, 0) is 10.2 Å². The number of piperidine rings is 1. The van der Waals surface area contributed by atoms with E-state index in [1.165, 1.54) is 25.8 Å². The Hall–Kier alpha value is -0.940. The van der Waals surface area contributed by atoms with Gasteiger partial charge in [0.1, 0.15) is 0 Å². The number of carbonyl (C=O) groups excluding carboxylic acids is 1. The van der Waals surface area contributed by atoms with Crippen molar-refractivity contribution in [2.45, 2.75) is 75.9 Å². The number of carbonyl (C=O) groups is 1. The molecule has 2 aliphatic heterocycles. The minimum atomic E-state index is -0.519. The summed E-state index contributed by atoms with van der Waals surface area (Å²) in [4.78, 5) is 22.6. The molecule has 3 heterocycles. The third kappa shape index (κ3) is 2.14. The highest BCUT2D eigenvalue weighted by Gasteiger charge is 2.57. The summed E-state index contributed by atoms with van der Waals surface area (Å²) in [5, 5.41) is 0. The molecule has 1 unspecified atom stereocenters. The van der Waals surface area contributed by atoms with Gasteiger partial charge in [-0.2, -0.15) is 0 Å². The monoisotopic (exact) mass is 403 g/mol. The normalized spacial score (nSPS) is 39.0. The fourth-order valence-electron chi connectivity index (χ4n) is 5.93. The molecule has 2 bridgehead atoms. The van der Waals surface area contributed by atoms with E-state index in [0.717, 1.165) is 40.7 Å². The summed E-state index contributed by atoms with van der Waals surface area (Å²) in [7, 11) is 0. The Morgan fingerprint density at radius 2 is 1.96 bits per heavy atom. The molecule has 1 aromatic heterocycles. The van der Waals surface area contributed by atoms with Gasteiger partial charge in [-0.3, -0.25) is 14.7 Å². The molecule has 25 heavy (non-hydrogen) atoms. The highest BCUT2D eigenvalue weighted by Crippen LogP contribution is 2.52. The number of pyridine rings is 1. The lowest BCUT2D eigenvalue weighted by molar-refractivity contribution is -0.124. The predicted molar refractivity (Wildman–Crippen MR) is 102 cm³/mol. The third-order valence-corrected chi connectivity index (χ3v) is 7.69. The maximum absolute atomic E-state index is 13.1. The zero-order valence-corrected chi connectivity index (χ0v) is 16.8. The number of aromatic nitrogens is 1. The lowest BCUT2D eigenvalue weighted by Crippen LogP contribution is -2.64. The second-order valence-electron chi connectivity index (χ2n) is 9.37. The second-order valence-corrected chi connectivity index (χ2v) is 10.3. The van der Waals surface area contributed by atoms with Gasteiger partial charge in [0.25, 0.3) is 0 Å². The average molecular weight is 404 g/mol. The summed E-state index contributed by atoms with van der Waals surface area (Å²) in [5.41, 5.74) is 1.69. The zero-order valence-electron chi connectivity index (χ0n) is 15.3. The van der Waals surface area contributed by atoms with Gasteiger partial charge in [-0.25, -0.2) is 0 Å². The Balaban J connectivity index is 1.41. The number of likely N-dealkylation sites (tertiary alicyclic amines) is 1. The third-order valence-electron chi connectivity index (χ3n) is 7.26. The number of hydrogen-bond donors (Lipinski definition) is 0. The van der Waals surface area contributed by atoms with Crippen LogP contribution in [-0.4, -0.2) is 40.0 Å². The first kappa shape index (κ1) is 16.2. The molecule has 134 valence electrons. The minimum Gasteiger partial charge on any atom is -0.307 e. The molecule has 3 fully saturated rings. The molecule has 1 amide bonds. The molecule has 2 saturated carbocycles. The molecule has 5 rings (SSSR count). The maximum atomic E-state index is 13.1. The van der Waals surface area contributed by atoms with Crippen LogP contribution in [0.15, 0.2) is 16.7 Å². The molecule has 0 radical (unpaired) electrons. The number of hydrogen-bond acceptors (Lipinski definition) is 3. The predicted octanol–water partition coefficient (Wildman–Crippen LogP) is 3.87. The highest BCUT2D eigenvalue weighted by atomic mass is 79.9. The van der Waals surface area contributed by atoms with Crippen LogP contribution in [0.5, 0.6) is 0 Å². The van der Waals surface area contributed by atoms with Gasteiger partial charge in [0, 0.05) is 34.8 Å². The SMILES string of the molecule is CC1(C)C(=O)N(C2CC(C)(N3CC4CC[C@@H]3C4)C2)c2cc(Br)cnc21. The Morgan fingerprint density at radius 3 is 2.60 bits per heavy atom. The van der Waals surface area contributed by atoms with Crippen LogP contribution in [0.2, 0.25) is 0 Å². The van der Waals surface area contributed by atoms with Crippen molar-refractivity contribution < 1.29 is 4.79 Å². The summed E-state index contributed by atoms with van der Waals surface area (Å²) in [6.45, 7) is 7.70. The Morgan fingerprint density at radius 1 is 1.20 bits per heavy atom. The van der Waals surface area contributed by atoms with Crippen molar-refractivity contribution in [3.05, 3.63) is 22.4 Å². The lowest BCUT2D eigenvalue weighted by Gasteiger charge is -2.56. The maximum Gasteiger partial charge on any atom is 0.239 e. The molecular formula is C20H26BrN3O. The molecule has 2 atom stereocenters. The molecule has 4 aliphatic rings. The first-order valence-corrected chi connectivity index (χ1v) is 10.4. The van der Waals surface area contributed by atoms with Crippen LogP contribution in [0, 0.1) is 5.92 Å². The van der Waals surface area contributed by atoms with E-state index in [1.807, 2.05) is 20.0 Å². The van der Waals surface area contributed by atoms with Crippen molar-refractivity contribution >= 4 is 27.5 Å². The first-order chi connectivity index (χ1) is 11.8. The highest BCUT2D eigenvalue weighted by molar-refractivity contribution is 9.10. The quantitative estimate of drug-likeness (QED) is 0.751. The van der Waals surface area contributed by atoms with Gasteiger partial charge in [-0.05, 0) is 80.8 Å². The Kier molecular flexibility index (Phi) is 3.29. The van der Waals surface area contributed by atoms with Gasteiger partial charge < -0.3 is 4.90 Å². The molecule has 0 N–H and O–H groups in total. The molecule has 4 nitrogen and oxygen atoms in total. The standard InChI is InChI=1S/C20H26BrN3O/c1-19(2)17-16(7-13(21)10-22-17)24(18(19)25)15-8-20(3,9-15)23-11-12-4-5-14(23)6-12/h7,10,12,14-15H,4-6,8-9,11H2,1-3H3/t12?,14-,15?,20?/m1/s1. The number of anilines is 1. The number of amides is 1. The summed E-state index contributed by atoms with van der Waals surface area (Å²) in [6, 6.07) is 3.18. The smallest absolute Gasteiger partial charge is 0.239 e. The molecule has 1 aromatic rings. The van der Waals surface area contributed by atoms with Crippen molar-refractivity contribution in [1.82, 2.24) is 9.88 Å². The first-order valence-electron chi connectivity index (χ1n) is 9.56. The van der Waals surface area contributed by atoms with E-state index in [-0.39, 0.29) is 11.4 Å². The molecule has 0 aromatic carbocycles. The van der Waals surface area contributed by atoms with E-state index in [2.05, 4.69) is 43.7 Å². The number of halogens is 1. The van der Waals surface area contributed by atoms with E-state index in [4.69, 9.17) is 0 Å². The van der Waals surface area contributed by atoms with Gasteiger partial charge in [0.2, 0.25) is 5.91 Å². The van der Waals surface area contributed by atoms with E-state index < -0.39 is 5.41 Å². The molecule has 2 aliphatic carbocycles. The van der Waals surface area contributed by atoms with Crippen LogP contribution < -0.4 is 4.90 Å². The fourth-order valence-corrected chi connectivity index (χ4v) is 6.25. The van der Waals surface area contributed by atoms with Crippen molar-refractivity contribution in [1.29, 1.82) is 0 Å². The van der Waals surface area contributed by atoms with Gasteiger partial charge in [0.15, 0.2) is 0 Å². The van der Waals surface area contributed by atoms with Crippen molar-refractivity contribution in [2.75, 3.05) is 11.4 Å². The summed E-state index contributed by atoms with van der Waals surface area (Å²) >= 11 is 3.53. The van der Waals surface area contributed by atoms with Crippen LogP contribution in [0.3, 0.4) is 0 Å². The fraction of sp³-hybridized carbons (Fsp3) is 0.700.